The van der Waals surface area contributed by atoms with Gasteiger partial charge >= 0.3 is 0 Å². The lowest BCUT2D eigenvalue weighted by atomic mass is 10.1. The zero-order valence-corrected chi connectivity index (χ0v) is 9.53. The van der Waals surface area contributed by atoms with Crippen molar-refractivity contribution in [3.8, 4) is 0 Å². The summed E-state index contributed by atoms with van der Waals surface area (Å²) in [6.07, 6.45) is 3.09. The first-order valence-electron chi connectivity index (χ1n) is 5.63. The van der Waals surface area contributed by atoms with Crippen LogP contribution >= 0.6 is 0 Å². The summed E-state index contributed by atoms with van der Waals surface area (Å²) in [5.41, 5.74) is 0.440. The van der Waals surface area contributed by atoms with Crippen LogP contribution in [-0.2, 0) is 4.79 Å². The Balaban J connectivity index is 2.40. The highest BCUT2D eigenvalue weighted by Crippen LogP contribution is 2.00. The summed E-state index contributed by atoms with van der Waals surface area (Å²) in [5, 5.41) is 2.63. The van der Waals surface area contributed by atoms with Gasteiger partial charge in [0.1, 0.15) is 0 Å². The quantitative estimate of drug-likeness (QED) is 0.453. The lowest BCUT2D eigenvalue weighted by molar-refractivity contribution is -0.117. The Hall–Kier alpha value is -1.64. The molecule has 0 aliphatic heterocycles. The van der Waals surface area contributed by atoms with Gasteiger partial charge in [-0.3, -0.25) is 9.59 Å². The number of Topliss-reactive ketones (excluding diaryl/α,β-unsaturated/α-hetero) is 1. The molecule has 3 heteroatoms. The molecule has 0 fully saturated rings. The molecule has 1 rings (SSSR count). The van der Waals surface area contributed by atoms with Crippen LogP contribution in [0.1, 0.15) is 36.5 Å². The first kappa shape index (κ1) is 12.4. The van der Waals surface area contributed by atoms with Gasteiger partial charge in [0, 0.05) is 12.1 Å². The van der Waals surface area contributed by atoms with E-state index in [1.54, 1.807) is 24.3 Å². The number of hydrogen-bond donors (Lipinski definition) is 1. The zero-order chi connectivity index (χ0) is 11.8. The molecule has 0 aliphatic carbocycles. The summed E-state index contributed by atoms with van der Waals surface area (Å²) in [4.78, 5) is 23.0. The molecule has 1 aromatic carbocycles. The molecule has 0 unspecified atom stereocenters. The first-order chi connectivity index (χ1) is 7.75. The molecule has 0 heterocycles. The Labute approximate surface area is 95.9 Å². The molecule has 0 aromatic heterocycles. The second-order valence-corrected chi connectivity index (χ2v) is 3.66. The number of carbonyl (C=O) groups is 2. The van der Waals surface area contributed by atoms with Crippen molar-refractivity contribution in [3.63, 3.8) is 0 Å². The summed E-state index contributed by atoms with van der Waals surface area (Å²) in [5.74, 6) is -0.973. The van der Waals surface area contributed by atoms with Gasteiger partial charge in [-0.05, 0) is 6.42 Å². The molecule has 16 heavy (non-hydrogen) atoms. The van der Waals surface area contributed by atoms with E-state index in [9.17, 15) is 9.59 Å². The second-order valence-electron chi connectivity index (χ2n) is 3.66. The summed E-state index contributed by atoms with van der Waals surface area (Å²) in [6, 6.07) is 8.60. The predicted molar refractivity (Wildman–Crippen MR) is 63.3 cm³/mol. The van der Waals surface area contributed by atoms with Gasteiger partial charge in [0.05, 0.1) is 0 Å². The van der Waals surface area contributed by atoms with Crippen molar-refractivity contribution < 1.29 is 9.59 Å². The molecule has 1 N–H and O–H groups in total. The van der Waals surface area contributed by atoms with Crippen LogP contribution in [0.4, 0.5) is 0 Å². The molecule has 0 bridgehead atoms. The summed E-state index contributed by atoms with van der Waals surface area (Å²) >= 11 is 0. The van der Waals surface area contributed by atoms with Crippen LogP contribution in [0.2, 0.25) is 0 Å². The lowest BCUT2D eigenvalue weighted by Gasteiger charge is -2.03. The van der Waals surface area contributed by atoms with Crippen molar-refractivity contribution in [2.45, 2.75) is 26.2 Å². The van der Waals surface area contributed by atoms with Crippen molar-refractivity contribution in [1.82, 2.24) is 5.32 Å². The monoisotopic (exact) mass is 219 g/mol. The van der Waals surface area contributed by atoms with Crippen LogP contribution in [0.3, 0.4) is 0 Å². The third kappa shape index (κ3) is 3.85. The molecule has 0 radical (unpaired) electrons. The van der Waals surface area contributed by atoms with Crippen LogP contribution in [-0.4, -0.2) is 18.2 Å². The molecule has 1 amide bonds. The number of nitrogens with one attached hydrogen (secondary N) is 1. The number of amides is 1. The number of unbranched alkanes of at least 4 members (excludes halogenated alkanes) is 2. The van der Waals surface area contributed by atoms with E-state index in [1.807, 2.05) is 6.07 Å². The topological polar surface area (TPSA) is 46.2 Å². The van der Waals surface area contributed by atoms with E-state index in [1.165, 1.54) is 0 Å². The van der Waals surface area contributed by atoms with Gasteiger partial charge in [0.15, 0.2) is 0 Å². The van der Waals surface area contributed by atoms with Crippen molar-refractivity contribution in [3.05, 3.63) is 35.9 Å². The molecule has 0 aliphatic rings. The molecule has 3 nitrogen and oxygen atoms in total. The van der Waals surface area contributed by atoms with Gasteiger partial charge in [-0.2, -0.15) is 0 Å². The van der Waals surface area contributed by atoms with E-state index in [-0.39, 0.29) is 0 Å². The third-order valence-electron chi connectivity index (χ3n) is 2.31. The highest BCUT2D eigenvalue weighted by molar-refractivity contribution is 6.42. The summed E-state index contributed by atoms with van der Waals surface area (Å²) < 4.78 is 0. The van der Waals surface area contributed by atoms with E-state index in [2.05, 4.69) is 12.2 Å². The molecular formula is C13H17NO2. The number of rotatable bonds is 6. The van der Waals surface area contributed by atoms with E-state index < -0.39 is 11.7 Å². The van der Waals surface area contributed by atoms with Gasteiger partial charge in [0.25, 0.3) is 5.91 Å². The summed E-state index contributed by atoms with van der Waals surface area (Å²) in [6.45, 7) is 2.67. The molecule has 0 atom stereocenters. The van der Waals surface area contributed by atoms with Gasteiger partial charge < -0.3 is 5.32 Å². The lowest BCUT2D eigenvalue weighted by Crippen LogP contribution is -2.31. The smallest absolute Gasteiger partial charge is 0.292 e. The van der Waals surface area contributed by atoms with Crippen LogP contribution in [0, 0.1) is 0 Å². The Bertz CT molecular complexity index is 346. The molecular weight excluding hydrogens is 202 g/mol. The van der Waals surface area contributed by atoms with E-state index in [4.69, 9.17) is 0 Å². The molecule has 86 valence electrons. The van der Waals surface area contributed by atoms with Gasteiger partial charge in [-0.1, -0.05) is 50.1 Å². The van der Waals surface area contributed by atoms with Gasteiger partial charge in [-0.25, -0.2) is 0 Å². The number of benzene rings is 1. The maximum atomic E-state index is 11.6. The van der Waals surface area contributed by atoms with Crippen molar-refractivity contribution in [2.24, 2.45) is 0 Å². The standard InChI is InChI=1S/C13H17NO2/c1-2-3-7-10-14-13(16)12(15)11-8-5-4-6-9-11/h4-6,8-9H,2-3,7,10H2,1H3,(H,14,16). The fourth-order valence-electron chi connectivity index (χ4n) is 1.38. The second kappa shape index (κ2) is 6.77. The Kier molecular flexibility index (Phi) is 5.26. The molecule has 1 aromatic rings. The Morgan fingerprint density at radius 1 is 1.12 bits per heavy atom. The minimum Gasteiger partial charge on any atom is -0.349 e. The Morgan fingerprint density at radius 2 is 1.81 bits per heavy atom. The average molecular weight is 219 g/mol. The maximum absolute atomic E-state index is 11.6. The summed E-state index contributed by atoms with van der Waals surface area (Å²) in [7, 11) is 0. The normalized spacial score (nSPS) is 9.81. The SMILES string of the molecule is CCCCCNC(=O)C(=O)c1ccccc1. The van der Waals surface area contributed by atoms with Gasteiger partial charge in [0.2, 0.25) is 5.78 Å². The van der Waals surface area contributed by atoms with E-state index >= 15 is 0 Å². The van der Waals surface area contributed by atoms with Crippen molar-refractivity contribution >= 4 is 11.7 Å². The number of carbonyl (C=O) groups excluding carboxylic acids is 2. The minimum atomic E-state index is -0.512. The van der Waals surface area contributed by atoms with Crippen molar-refractivity contribution in [2.75, 3.05) is 6.54 Å². The molecule has 0 saturated heterocycles. The third-order valence-corrected chi connectivity index (χ3v) is 2.31. The minimum absolute atomic E-state index is 0.440. The van der Waals surface area contributed by atoms with Crippen LogP contribution in [0.25, 0.3) is 0 Å². The van der Waals surface area contributed by atoms with E-state index in [0.29, 0.717) is 12.1 Å². The molecule has 0 saturated carbocycles. The number of hydrogen-bond acceptors (Lipinski definition) is 2. The highest BCUT2D eigenvalue weighted by Gasteiger charge is 2.14. The van der Waals surface area contributed by atoms with Crippen LogP contribution < -0.4 is 5.32 Å². The number of ketones is 1. The fraction of sp³-hybridized carbons (Fsp3) is 0.385. The highest BCUT2D eigenvalue weighted by atomic mass is 16.2. The maximum Gasteiger partial charge on any atom is 0.292 e. The average Bonchev–Trinajstić information content (AvgIpc) is 2.34. The van der Waals surface area contributed by atoms with E-state index in [0.717, 1.165) is 19.3 Å². The van der Waals surface area contributed by atoms with Crippen LogP contribution in [0.5, 0.6) is 0 Å². The van der Waals surface area contributed by atoms with Crippen molar-refractivity contribution in [1.29, 1.82) is 0 Å². The zero-order valence-electron chi connectivity index (χ0n) is 9.53. The fourth-order valence-corrected chi connectivity index (χ4v) is 1.38. The Morgan fingerprint density at radius 3 is 2.44 bits per heavy atom. The van der Waals surface area contributed by atoms with Crippen LogP contribution in [0.15, 0.2) is 30.3 Å². The molecule has 0 spiro atoms. The predicted octanol–water partition coefficient (Wildman–Crippen LogP) is 2.18. The first-order valence-corrected chi connectivity index (χ1v) is 5.63. The van der Waals surface area contributed by atoms with Gasteiger partial charge in [-0.15, -0.1) is 0 Å². The largest absolute Gasteiger partial charge is 0.349 e.